The van der Waals surface area contributed by atoms with Crippen molar-refractivity contribution in [3.05, 3.63) is 112 Å². The summed E-state index contributed by atoms with van der Waals surface area (Å²) in [5.74, 6) is 0.00265. The van der Waals surface area contributed by atoms with Crippen molar-refractivity contribution in [3.8, 4) is 11.1 Å². The van der Waals surface area contributed by atoms with E-state index in [1.807, 2.05) is 60.7 Å². The van der Waals surface area contributed by atoms with Crippen LogP contribution in [0.5, 0.6) is 0 Å². The van der Waals surface area contributed by atoms with Crippen LogP contribution < -0.4 is 11.1 Å². The molecule has 0 saturated carbocycles. The SMILES string of the molecule is O=c1oc2ccccc2c2cc3c(cc12)CCC(c1ccccc1B(O)O)c1ccccc1-3. The van der Waals surface area contributed by atoms with E-state index in [9.17, 15) is 14.8 Å². The Labute approximate surface area is 190 Å². The van der Waals surface area contributed by atoms with Gasteiger partial charge >= 0.3 is 12.7 Å². The van der Waals surface area contributed by atoms with Gasteiger partial charge in [0, 0.05) is 16.7 Å². The summed E-state index contributed by atoms with van der Waals surface area (Å²) in [5, 5.41) is 22.4. The molecule has 0 radical (unpaired) electrons. The maximum atomic E-state index is 12.8. The van der Waals surface area contributed by atoms with Gasteiger partial charge in [0.25, 0.3) is 0 Å². The summed E-state index contributed by atoms with van der Waals surface area (Å²) in [5.41, 5.74) is 6.17. The predicted octanol–water partition coefficient (Wildman–Crippen LogP) is 4.37. The lowest BCUT2D eigenvalue weighted by Crippen LogP contribution is -2.34. The third-order valence-corrected chi connectivity index (χ3v) is 6.82. The first-order valence-electron chi connectivity index (χ1n) is 11.1. The summed E-state index contributed by atoms with van der Waals surface area (Å²) in [7, 11) is -1.53. The van der Waals surface area contributed by atoms with Gasteiger partial charge in [0.2, 0.25) is 0 Å². The molecule has 1 aliphatic carbocycles. The molecule has 160 valence electrons. The first-order valence-corrected chi connectivity index (χ1v) is 11.1. The molecule has 1 unspecified atom stereocenters. The topological polar surface area (TPSA) is 70.7 Å². The van der Waals surface area contributed by atoms with Crippen molar-refractivity contribution in [1.29, 1.82) is 0 Å². The second-order valence-corrected chi connectivity index (χ2v) is 8.62. The van der Waals surface area contributed by atoms with E-state index in [0.29, 0.717) is 16.4 Å². The summed E-state index contributed by atoms with van der Waals surface area (Å²) < 4.78 is 5.59. The maximum absolute atomic E-state index is 12.8. The van der Waals surface area contributed by atoms with E-state index in [-0.39, 0.29) is 11.5 Å². The fourth-order valence-electron chi connectivity index (χ4n) is 5.31. The van der Waals surface area contributed by atoms with Gasteiger partial charge in [-0.15, -0.1) is 0 Å². The summed E-state index contributed by atoms with van der Waals surface area (Å²) in [4.78, 5) is 12.8. The normalized spacial score (nSPS) is 15.2. The summed E-state index contributed by atoms with van der Waals surface area (Å²) in [6, 6.07) is 27.5. The molecule has 1 atom stereocenters. The number of fused-ring (bicyclic) bond motifs is 6. The standard InChI is InChI=1S/C28H21BO4/c30-28-25-15-17-13-14-20(21-9-3-5-11-26(21)29(31)32)18-7-1-2-8-19(18)23(17)16-24(25)22-10-4-6-12-27(22)33-28/h1-12,15-16,20,31-32H,13-14H2. The van der Waals surface area contributed by atoms with Gasteiger partial charge in [0.05, 0.1) is 5.39 Å². The van der Waals surface area contributed by atoms with Gasteiger partial charge in [0.1, 0.15) is 5.58 Å². The Morgan fingerprint density at radius 3 is 2.33 bits per heavy atom. The highest BCUT2D eigenvalue weighted by Crippen LogP contribution is 2.42. The number of para-hydroxylation sites is 1. The van der Waals surface area contributed by atoms with Crippen molar-refractivity contribution in [3.63, 3.8) is 0 Å². The monoisotopic (exact) mass is 432 g/mol. The molecule has 6 rings (SSSR count). The molecule has 5 aromatic rings. The zero-order valence-electron chi connectivity index (χ0n) is 17.9. The van der Waals surface area contributed by atoms with Crippen LogP contribution in [0.1, 0.15) is 29.0 Å². The molecule has 0 amide bonds. The van der Waals surface area contributed by atoms with Gasteiger partial charge in [-0.2, -0.15) is 0 Å². The molecule has 33 heavy (non-hydrogen) atoms. The molecule has 1 aliphatic rings. The van der Waals surface area contributed by atoms with Crippen LogP contribution in [0.25, 0.3) is 32.9 Å². The number of benzene rings is 4. The van der Waals surface area contributed by atoms with Crippen LogP contribution in [0.4, 0.5) is 0 Å². The fraction of sp³-hybridized carbons (Fsp3) is 0.107. The van der Waals surface area contributed by atoms with Crippen LogP contribution in [0.2, 0.25) is 0 Å². The maximum Gasteiger partial charge on any atom is 0.488 e. The highest BCUT2D eigenvalue weighted by molar-refractivity contribution is 6.59. The summed E-state index contributed by atoms with van der Waals surface area (Å²) in [6.45, 7) is 0. The lowest BCUT2D eigenvalue weighted by atomic mass is 9.71. The average molecular weight is 432 g/mol. The molecule has 5 heteroatoms. The third-order valence-electron chi connectivity index (χ3n) is 6.82. The Balaban J connectivity index is 1.63. The Hall–Kier alpha value is -3.67. The smallest absolute Gasteiger partial charge is 0.423 e. The Morgan fingerprint density at radius 2 is 1.48 bits per heavy atom. The van der Waals surface area contributed by atoms with Gasteiger partial charge in [-0.25, -0.2) is 4.79 Å². The average Bonchev–Trinajstić information content (AvgIpc) is 3.00. The van der Waals surface area contributed by atoms with Crippen LogP contribution in [-0.4, -0.2) is 17.2 Å². The molecule has 0 saturated heterocycles. The molecular weight excluding hydrogens is 411 g/mol. The van der Waals surface area contributed by atoms with E-state index < -0.39 is 7.12 Å². The van der Waals surface area contributed by atoms with E-state index in [4.69, 9.17) is 4.42 Å². The number of rotatable bonds is 2. The van der Waals surface area contributed by atoms with E-state index in [0.717, 1.165) is 51.4 Å². The van der Waals surface area contributed by atoms with Crippen LogP contribution in [0, 0.1) is 0 Å². The van der Waals surface area contributed by atoms with E-state index >= 15 is 0 Å². The summed E-state index contributed by atoms with van der Waals surface area (Å²) in [6.07, 6.45) is 1.55. The minimum atomic E-state index is -1.53. The van der Waals surface area contributed by atoms with Crippen LogP contribution >= 0.6 is 0 Å². The molecule has 1 aromatic heterocycles. The molecular formula is C28H21BO4. The van der Waals surface area contributed by atoms with Crippen molar-refractivity contribution < 1.29 is 14.5 Å². The van der Waals surface area contributed by atoms with Crippen LogP contribution in [-0.2, 0) is 6.42 Å². The van der Waals surface area contributed by atoms with Crippen LogP contribution in [0.15, 0.2) is 94.1 Å². The van der Waals surface area contributed by atoms with Gasteiger partial charge < -0.3 is 14.5 Å². The minimum absolute atomic E-state index is 0.00265. The lowest BCUT2D eigenvalue weighted by molar-refractivity contribution is 0.425. The lowest BCUT2D eigenvalue weighted by Gasteiger charge is -2.21. The molecule has 4 nitrogen and oxygen atoms in total. The zero-order valence-corrected chi connectivity index (χ0v) is 17.9. The van der Waals surface area contributed by atoms with E-state index in [2.05, 4.69) is 18.2 Å². The Kier molecular flexibility index (Phi) is 4.68. The first-order chi connectivity index (χ1) is 16.1. The van der Waals surface area contributed by atoms with Crippen LogP contribution in [0.3, 0.4) is 0 Å². The molecule has 0 aliphatic heterocycles. The van der Waals surface area contributed by atoms with Crippen molar-refractivity contribution in [1.82, 2.24) is 0 Å². The second kappa shape index (κ2) is 7.73. The van der Waals surface area contributed by atoms with Gasteiger partial charge in [-0.1, -0.05) is 66.7 Å². The molecule has 4 aromatic carbocycles. The second-order valence-electron chi connectivity index (χ2n) is 8.62. The van der Waals surface area contributed by atoms with Crippen molar-refractivity contribution in [2.45, 2.75) is 18.8 Å². The van der Waals surface area contributed by atoms with E-state index in [1.54, 1.807) is 6.07 Å². The molecule has 0 fully saturated rings. The van der Waals surface area contributed by atoms with Gasteiger partial charge in [-0.05, 0) is 64.3 Å². The molecule has 2 N–H and O–H groups in total. The van der Waals surface area contributed by atoms with Gasteiger partial charge in [-0.3, -0.25) is 0 Å². The molecule has 0 spiro atoms. The third kappa shape index (κ3) is 3.20. The number of aryl methyl sites for hydroxylation is 1. The predicted molar refractivity (Wildman–Crippen MR) is 132 cm³/mol. The fourth-order valence-corrected chi connectivity index (χ4v) is 5.31. The highest BCUT2D eigenvalue weighted by atomic mass is 16.4. The first kappa shape index (κ1) is 20.0. The Bertz CT molecular complexity index is 1580. The highest BCUT2D eigenvalue weighted by Gasteiger charge is 2.28. The largest absolute Gasteiger partial charge is 0.488 e. The van der Waals surface area contributed by atoms with Crippen molar-refractivity contribution in [2.75, 3.05) is 0 Å². The minimum Gasteiger partial charge on any atom is -0.423 e. The summed E-state index contributed by atoms with van der Waals surface area (Å²) >= 11 is 0. The molecule has 1 heterocycles. The van der Waals surface area contributed by atoms with Gasteiger partial charge in [0.15, 0.2) is 0 Å². The quantitative estimate of drug-likeness (QED) is 0.247. The molecule has 0 bridgehead atoms. The Morgan fingerprint density at radius 1 is 0.758 bits per heavy atom. The number of hydrogen-bond donors (Lipinski definition) is 2. The van der Waals surface area contributed by atoms with Crippen molar-refractivity contribution >= 4 is 34.3 Å². The zero-order chi connectivity index (χ0) is 22.5. The van der Waals surface area contributed by atoms with E-state index in [1.165, 1.54) is 0 Å². The van der Waals surface area contributed by atoms with Crippen molar-refractivity contribution in [2.24, 2.45) is 0 Å². The number of hydrogen-bond acceptors (Lipinski definition) is 4.